The topological polar surface area (TPSA) is 47.9 Å². The van der Waals surface area contributed by atoms with Crippen molar-refractivity contribution >= 4 is 8.32 Å². The van der Waals surface area contributed by atoms with Gasteiger partial charge in [-0.1, -0.05) is 89.4 Å². The second-order valence-electron chi connectivity index (χ2n) is 14.2. The van der Waals surface area contributed by atoms with E-state index in [1.54, 1.807) is 0 Å². The molecule has 0 radical (unpaired) electrons. The minimum absolute atomic E-state index is 0.193. The Morgan fingerprint density at radius 3 is 2.46 bits per heavy atom. The quantitative estimate of drug-likeness (QED) is 0.169. The Hall–Kier alpha value is -1.66. The number of unbranched alkanes of at least 4 members (excludes halogenated alkanes) is 2. The standard InChI is InChI=1S/C36H56O4Si/c1-7-8-10-17-30(39-22-21-38-26-27-14-11-9-12-15-27)19-20-31-32-23-28-16-13-18-34(37)33(28)24-29(32)25-35(31)40-41(5,6)36(2,3)4/h9,11-16,18,29-32,35,37H,7-8,10,17,19-26H2,1-6H3/t29-,30-,31+,32-,35?/m0/s1. The first-order valence-electron chi connectivity index (χ1n) is 16.3. The van der Waals surface area contributed by atoms with Crippen LogP contribution >= 0.6 is 0 Å². The van der Waals surface area contributed by atoms with E-state index in [2.05, 4.69) is 71.1 Å². The van der Waals surface area contributed by atoms with Crippen LogP contribution in [-0.2, 0) is 33.3 Å². The van der Waals surface area contributed by atoms with Gasteiger partial charge in [0, 0.05) is 6.10 Å². The lowest BCUT2D eigenvalue weighted by Gasteiger charge is -2.40. The Morgan fingerprint density at radius 2 is 1.73 bits per heavy atom. The molecular weight excluding hydrogens is 524 g/mol. The molecule has 0 amide bonds. The van der Waals surface area contributed by atoms with Crippen molar-refractivity contribution in [1.82, 2.24) is 0 Å². The van der Waals surface area contributed by atoms with E-state index in [9.17, 15) is 5.11 Å². The van der Waals surface area contributed by atoms with E-state index in [1.165, 1.54) is 36.0 Å². The lowest BCUT2D eigenvalue weighted by atomic mass is 9.73. The summed E-state index contributed by atoms with van der Waals surface area (Å²) < 4.78 is 19.6. The van der Waals surface area contributed by atoms with Crippen LogP contribution in [0.15, 0.2) is 48.5 Å². The van der Waals surface area contributed by atoms with Gasteiger partial charge in [-0.3, -0.25) is 0 Å². The number of hydrogen-bond donors (Lipinski definition) is 1. The predicted molar refractivity (Wildman–Crippen MR) is 172 cm³/mol. The molecule has 4 nitrogen and oxygen atoms in total. The fraction of sp³-hybridized carbons (Fsp3) is 0.667. The van der Waals surface area contributed by atoms with Gasteiger partial charge in [0.15, 0.2) is 8.32 Å². The Kier molecular flexibility index (Phi) is 11.5. The van der Waals surface area contributed by atoms with Crippen molar-refractivity contribution in [1.29, 1.82) is 0 Å². The summed E-state index contributed by atoms with van der Waals surface area (Å²) >= 11 is 0. The van der Waals surface area contributed by atoms with Crippen LogP contribution in [0.5, 0.6) is 5.75 Å². The molecule has 0 bridgehead atoms. The molecule has 0 aromatic heterocycles. The van der Waals surface area contributed by atoms with Gasteiger partial charge in [-0.05, 0) is 97.2 Å². The van der Waals surface area contributed by atoms with Gasteiger partial charge in [0.05, 0.1) is 25.9 Å². The van der Waals surface area contributed by atoms with Crippen molar-refractivity contribution < 1.29 is 19.0 Å². The third-order valence-corrected chi connectivity index (χ3v) is 14.7. The molecule has 228 valence electrons. The van der Waals surface area contributed by atoms with Gasteiger partial charge < -0.3 is 19.0 Å². The molecule has 1 N–H and O–H groups in total. The fourth-order valence-corrected chi connectivity index (χ4v) is 8.21. The van der Waals surface area contributed by atoms with E-state index in [1.807, 2.05) is 18.2 Å². The zero-order valence-corrected chi connectivity index (χ0v) is 27.7. The summed E-state index contributed by atoms with van der Waals surface area (Å²) in [7, 11) is -1.90. The summed E-state index contributed by atoms with van der Waals surface area (Å²) in [4.78, 5) is 0. The monoisotopic (exact) mass is 580 g/mol. The van der Waals surface area contributed by atoms with Gasteiger partial charge in [-0.25, -0.2) is 0 Å². The van der Waals surface area contributed by atoms with Crippen molar-refractivity contribution in [3.63, 3.8) is 0 Å². The normalized spacial score (nSPS) is 23.3. The molecule has 1 unspecified atom stereocenters. The average molecular weight is 581 g/mol. The van der Waals surface area contributed by atoms with Crippen molar-refractivity contribution in [2.75, 3.05) is 13.2 Å². The van der Waals surface area contributed by atoms with E-state index in [-0.39, 0.29) is 11.1 Å². The molecule has 0 spiro atoms. The van der Waals surface area contributed by atoms with Crippen LogP contribution in [0.1, 0.15) is 89.3 Å². The van der Waals surface area contributed by atoms with Gasteiger partial charge in [-0.15, -0.1) is 0 Å². The van der Waals surface area contributed by atoms with Crippen LogP contribution in [0.2, 0.25) is 18.1 Å². The number of benzene rings is 2. The minimum Gasteiger partial charge on any atom is -0.508 e. The number of aromatic hydroxyl groups is 1. The molecule has 0 saturated heterocycles. The average Bonchev–Trinajstić information content (AvgIpc) is 3.25. The third-order valence-electron chi connectivity index (χ3n) is 10.2. The Labute approximate surface area is 251 Å². The molecule has 5 heteroatoms. The SMILES string of the molecule is CCCCC[C@@H](CC[C@H]1C(O[Si](C)(C)C(C)(C)C)C[C@@H]2Cc3c(O)cccc3C[C@@H]21)OCCOCc1ccccc1. The lowest BCUT2D eigenvalue weighted by Crippen LogP contribution is -2.45. The van der Waals surface area contributed by atoms with Gasteiger partial charge in [0.1, 0.15) is 5.75 Å². The van der Waals surface area contributed by atoms with Gasteiger partial charge in [0.2, 0.25) is 0 Å². The van der Waals surface area contributed by atoms with E-state index in [0.29, 0.717) is 49.4 Å². The molecule has 0 aliphatic heterocycles. The molecule has 4 rings (SSSR count). The molecule has 2 aromatic rings. The van der Waals surface area contributed by atoms with Crippen LogP contribution in [0.4, 0.5) is 0 Å². The zero-order chi connectivity index (χ0) is 29.5. The predicted octanol–water partition coefficient (Wildman–Crippen LogP) is 9.10. The van der Waals surface area contributed by atoms with Crippen LogP contribution in [0, 0.1) is 17.8 Å². The van der Waals surface area contributed by atoms with Crippen molar-refractivity contribution in [3.05, 3.63) is 65.2 Å². The van der Waals surface area contributed by atoms with Gasteiger partial charge in [-0.2, -0.15) is 0 Å². The highest BCUT2D eigenvalue weighted by molar-refractivity contribution is 6.74. The molecule has 2 aliphatic carbocycles. The Bertz CT molecular complexity index is 1060. The maximum absolute atomic E-state index is 10.6. The molecule has 1 fully saturated rings. The van der Waals surface area contributed by atoms with E-state index in [4.69, 9.17) is 13.9 Å². The number of ether oxygens (including phenoxy) is 2. The molecule has 1 saturated carbocycles. The van der Waals surface area contributed by atoms with Crippen LogP contribution in [0.3, 0.4) is 0 Å². The molecule has 41 heavy (non-hydrogen) atoms. The molecule has 5 atom stereocenters. The first-order valence-corrected chi connectivity index (χ1v) is 19.2. The maximum Gasteiger partial charge on any atom is 0.192 e. The second kappa shape index (κ2) is 14.7. The smallest absolute Gasteiger partial charge is 0.192 e. The fourth-order valence-electron chi connectivity index (χ4n) is 6.83. The van der Waals surface area contributed by atoms with E-state index in [0.717, 1.165) is 38.5 Å². The number of phenolic OH excluding ortho intramolecular Hbond substituents is 1. The Balaban J connectivity index is 1.41. The lowest BCUT2D eigenvalue weighted by molar-refractivity contribution is -0.0125. The van der Waals surface area contributed by atoms with E-state index < -0.39 is 8.32 Å². The van der Waals surface area contributed by atoms with Crippen LogP contribution in [0.25, 0.3) is 0 Å². The molecule has 0 heterocycles. The summed E-state index contributed by atoms with van der Waals surface area (Å²) in [5.74, 6) is 2.22. The van der Waals surface area contributed by atoms with Crippen molar-refractivity contribution in [3.8, 4) is 5.75 Å². The van der Waals surface area contributed by atoms with Gasteiger partial charge >= 0.3 is 0 Å². The van der Waals surface area contributed by atoms with Crippen molar-refractivity contribution in [2.24, 2.45) is 17.8 Å². The van der Waals surface area contributed by atoms with Crippen LogP contribution in [-0.4, -0.2) is 38.8 Å². The number of rotatable bonds is 15. The van der Waals surface area contributed by atoms with E-state index >= 15 is 0 Å². The van der Waals surface area contributed by atoms with Crippen LogP contribution < -0.4 is 0 Å². The third kappa shape index (κ3) is 8.69. The second-order valence-corrected chi connectivity index (χ2v) is 18.9. The first kappa shape index (κ1) is 32.3. The highest BCUT2D eigenvalue weighted by Crippen LogP contribution is 2.51. The highest BCUT2D eigenvalue weighted by atomic mass is 28.4. The zero-order valence-electron chi connectivity index (χ0n) is 26.7. The molecule has 2 aromatic carbocycles. The van der Waals surface area contributed by atoms with Crippen molar-refractivity contribution in [2.45, 2.75) is 122 Å². The summed E-state index contributed by atoms with van der Waals surface area (Å²) in [6, 6.07) is 16.5. The summed E-state index contributed by atoms with van der Waals surface area (Å²) in [6.45, 7) is 16.0. The highest BCUT2D eigenvalue weighted by Gasteiger charge is 2.49. The Morgan fingerprint density at radius 1 is 0.951 bits per heavy atom. The summed E-state index contributed by atoms with van der Waals surface area (Å²) in [5.41, 5.74) is 3.73. The summed E-state index contributed by atoms with van der Waals surface area (Å²) in [5, 5.41) is 10.8. The molecule has 2 aliphatic rings. The number of phenols is 1. The number of fused-ring (bicyclic) bond motifs is 2. The first-order chi connectivity index (χ1) is 19.6. The minimum atomic E-state index is -1.90. The largest absolute Gasteiger partial charge is 0.508 e. The van der Waals surface area contributed by atoms with Gasteiger partial charge in [0.25, 0.3) is 0 Å². The summed E-state index contributed by atoms with van der Waals surface area (Å²) in [6.07, 6.45) is 10.8. The molecular formula is C36H56O4Si. The maximum atomic E-state index is 10.6. The number of hydrogen-bond acceptors (Lipinski definition) is 4.